The van der Waals surface area contributed by atoms with Crippen molar-refractivity contribution < 1.29 is 14.3 Å². The molecule has 0 aliphatic carbocycles. The molecular weight excluding hydrogens is 298 g/mol. The summed E-state index contributed by atoms with van der Waals surface area (Å²) in [6.07, 6.45) is 1.59. The Bertz CT molecular complexity index is 796. The van der Waals surface area contributed by atoms with E-state index in [0.717, 1.165) is 5.39 Å². The molecule has 0 radical (unpaired) electrons. The molecule has 0 fully saturated rings. The maximum absolute atomic E-state index is 12.4. The molecule has 2 rings (SSSR count). The number of aromatic nitrogens is 1. The molecule has 7 heteroatoms. The molecule has 23 heavy (non-hydrogen) atoms. The first-order valence-electron chi connectivity index (χ1n) is 7.22. The van der Waals surface area contributed by atoms with Crippen molar-refractivity contribution in [3.63, 3.8) is 0 Å². The fourth-order valence-corrected chi connectivity index (χ4v) is 2.09. The average molecular weight is 317 g/mol. The molecule has 0 saturated carbocycles. The fraction of sp³-hybridized carbons (Fsp3) is 0.312. The number of hydrazine groups is 1. The highest BCUT2D eigenvalue weighted by Crippen LogP contribution is 2.19. The summed E-state index contributed by atoms with van der Waals surface area (Å²) in [6.45, 7) is 4.95. The summed E-state index contributed by atoms with van der Waals surface area (Å²) in [5, 5.41) is 1.24. The van der Waals surface area contributed by atoms with Gasteiger partial charge in [-0.05, 0) is 43.5 Å². The molecular formula is C16H19N3O4. The molecule has 0 spiro atoms. The van der Waals surface area contributed by atoms with Crippen LogP contribution in [0.15, 0.2) is 35.3 Å². The minimum absolute atomic E-state index is 0.0466. The van der Waals surface area contributed by atoms with Crippen molar-refractivity contribution in [3.05, 3.63) is 40.8 Å². The summed E-state index contributed by atoms with van der Waals surface area (Å²) >= 11 is 0. The lowest BCUT2D eigenvalue weighted by molar-refractivity contribution is -0.128. The zero-order valence-electron chi connectivity index (χ0n) is 13.3. The van der Waals surface area contributed by atoms with Gasteiger partial charge in [0.05, 0.1) is 6.10 Å². The summed E-state index contributed by atoms with van der Waals surface area (Å²) in [7, 11) is 0. The van der Waals surface area contributed by atoms with E-state index in [1.54, 1.807) is 24.3 Å². The van der Waals surface area contributed by atoms with E-state index in [0.29, 0.717) is 11.1 Å². The Morgan fingerprint density at radius 3 is 2.61 bits per heavy atom. The van der Waals surface area contributed by atoms with Gasteiger partial charge >= 0.3 is 0 Å². The summed E-state index contributed by atoms with van der Waals surface area (Å²) < 4.78 is 6.88. The number of carbonyl (C=O) groups is 2. The highest BCUT2D eigenvalue weighted by atomic mass is 16.5. The van der Waals surface area contributed by atoms with Crippen molar-refractivity contribution in [3.8, 4) is 5.75 Å². The van der Waals surface area contributed by atoms with Crippen LogP contribution >= 0.6 is 0 Å². The zero-order chi connectivity index (χ0) is 17.0. The van der Waals surface area contributed by atoms with Gasteiger partial charge in [0, 0.05) is 18.5 Å². The Hall–Kier alpha value is -2.83. The zero-order valence-corrected chi connectivity index (χ0v) is 13.3. The van der Waals surface area contributed by atoms with E-state index in [1.807, 2.05) is 13.8 Å². The summed E-state index contributed by atoms with van der Waals surface area (Å²) in [6, 6.07) is 6.94. The van der Waals surface area contributed by atoms with E-state index in [9.17, 15) is 14.4 Å². The van der Waals surface area contributed by atoms with Crippen molar-refractivity contribution in [1.82, 2.24) is 15.4 Å². The van der Waals surface area contributed by atoms with E-state index in [4.69, 9.17) is 4.74 Å². The van der Waals surface area contributed by atoms with E-state index >= 15 is 0 Å². The first-order valence-corrected chi connectivity index (χ1v) is 7.22. The van der Waals surface area contributed by atoms with E-state index in [1.165, 1.54) is 17.7 Å². The second-order valence-electron chi connectivity index (χ2n) is 5.39. The van der Waals surface area contributed by atoms with Gasteiger partial charge in [0.15, 0.2) is 0 Å². The number of fused-ring (bicyclic) bond motifs is 1. The molecule has 2 aromatic rings. The molecule has 0 unspecified atom stereocenters. The number of pyridine rings is 1. The third-order valence-electron chi connectivity index (χ3n) is 3.01. The lowest BCUT2D eigenvalue weighted by Gasteiger charge is -2.11. The van der Waals surface area contributed by atoms with Gasteiger partial charge < -0.3 is 9.30 Å². The van der Waals surface area contributed by atoms with Gasteiger partial charge in [-0.3, -0.25) is 25.2 Å². The van der Waals surface area contributed by atoms with Crippen LogP contribution in [0, 0.1) is 0 Å². The molecule has 122 valence electrons. The van der Waals surface area contributed by atoms with E-state index < -0.39 is 5.91 Å². The molecule has 1 aromatic heterocycles. The molecule has 0 bridgehead atoms. The molecule has 0 atom stereocenters. The van der Waals surface area contributed by atoms with Crippen molar-refractivity contribution in [2.75, 3.05) is 0 Å². The molecule has 0 saturated heterocycles. The van der Waals surface area contributed by atoms with Gasteiger partial charge in [-0.1, -0.05) is 0 Å². The first kappa shape index (κ1) is 16.5. The number of hydrogen-bond donors (Lipinski definition) is 2. The minimum Gasteiger partial charge on any atom is -0.491 e. The van der Waals surface area contributed by atoms with Gasteiger partial charge in [-0.15, -0.1) is 0 Å². The second kappa shape index (κ2) is 6.95. The van der Waals surface area contributed by atoms with Crippen molar-refractivity contribution >= 4 is 22.6 Å². The number of hydrogen-bond acceptors (Lipinski definition) is 4. The monoisotopic (exact) mass is 317 g/mol. The maximum atomic E-state index is 12.4. The van der Waals surface area contributed by atoms with Gasteiger partial charge in [-0.2, -0.15) is 0 Å². The maximum Gasteiger partial charge on any atom is 0.258 e. The quantitative estimate of drug-likeness (QED) is 0.822. The molecule has 2 amide bonds. The Labute approximate surface area is 133 Å². The van der Waals surface area contributed by atoms with Crippen molar-refractivity contribution in [1.29, 1.82) is 0 Å². The Morgan fingerprint density at radius 1 is 1.22 bits per heavy atom. The normalized spacial score (nSPS) is 10.6. The van der Waals surface area contributed by atoms with Crippen molar-refractivity contribution in [2.24, 2.45) is 0 Å². The van der Waals surface area contributed by atoms with Crippen LogP contribution in [0.5, 0.6) is 5.75 Å². The van der Waals surface area contributed by atoms with E-state index in [-0.39, 0.29) is 24.1 Å². The molecule has 2 N–H and O–H groups in total. The Morgan fingerprint density at radius 2 is 1.96 bits per heavy atom. The number of amides is 2. The molecule has 0 aliphatic heterocycles. The number of ether oxygens (including phenoxy) is 1. The lowest BCUT2D eigenvalue weighted by Crippen LogP contribution is -2.43. The average Bonchev–Trinajstić information content (AvgIpc) is 2.47. The minimum atomic E-state index is -0.485. The van der Waals surface area contributed by atoms with Crippen LogP contribution in [0.25, 0.3) is 10.8 Å². The number of carbonyl (C=O) groups excluding carboxylic acids is 2. The Balaban J connectivity index is 2.23. The topological polar surface area (TPSA) is 89.4 Å². The summed E-state index contributed by atoms with van der Waals surface area (Å²) in [5.74, 6) is -0.184. The molecule has 7 nitrogen and oxygen atoms in total. The van der Waals surface area contributed by atoms with E-state index in [2.05, 4.69) is 10.9 Å². The third kappa shape index (κ3) is 4.32. The molecule has 1 aromatic carbocycles. The second-order valence-corrected chi connectivity index (χ2v) is 5.39. The van der Waals surface area contributed by atoms with Gasteiger partial charge in [0.25, 0.3) is 11.5 Å². The predicted molar refractivity (Wildman–Crippen MR) is 85.9 cm³/mol. The smallest absolute Gasteiger partial charge is 0.258 e. The molecule has 1 heterocycles. The number of benzene rings is 1. The van der Waals surface area contributed by atoms with Crippen LogP contribution in [-0.2, 0) is 16.1 Å². The standard InChI is InChI=1S/C16H19N3O4/c1-10(2)23-13-4-5-14-12(8-13)6-7-19(16(14)22)9-15(21)18-17-11(3)20/h4-8,10H,9H2,1-3H3,(H,17,20)(H,18,21). The van der Waals surface area contributed by atoms with Crippen molar-refractivity contribution in [2.45, 2.75) is 33.4 Å². The highest BCUT2D eigenvalue weighted by molar-refractivity contribution is 5.84. The van der Waals surface area contributed by atoms with Crippen LogP contribution < -0.4 is 21.1 Å². The largest absolute Gasteiger partial charge is 0.491 e. The van der Waals surface area contributed by atoms with Gasteiger partial charge in [0.1, 0.15) is 12.3 Å². The first-order chi connectivity index (χ1) is 10.9. The Kier molecular flexibility index (Phi) is 5.00. The summed E-state index contributed by atoms with van der Waals surface area (Å²) in [4.78, 5) is 34.8. The lowest BCUT2D eigenvalue weighted by atomic mass is 10.1. The van der Waals surface area contributed by atoms with Gasteiger partial charge in [0.2, 0.25) is 5.91 Å². The SMILES string of the molecule is CC(=O)NNC(=O)Cn1ccc2cc(OC(C)C)ccc2c1=O. The highest BCUT2D eigenvalue weighted by Gasteiger charge is 2.08. The predicted octanol–water partition coefficient (Wildman–Crippen LogP) is 0.956. The summed E-state index contributed by atoms with van der Waals surface area (Å²) in [5.41, 5.74) is 4.11. The molecule has 0 aliphatic rings. The number of nitrogens with one attached hydrogen (secondary N) is 2. The number of nitrogens with zero attached hydrogens (tertiary/aromatic N) is 1. The van der Waals surface area contributed by atoms with Crippen LogP contribution in [-0.4, -0.2) is 22.5 Å². The third-order valence-corrected chi connectivity index (χ3v) is 3.01. The fourth-order valence-electron chi connectivity index (χ4n) is 2.09. The van der Waals surface area contributed by atoms with Crippen LogP contribution in [0.3, 0.4) is 0 Å². The van der Waals surface area contributed by atoms with Gasteiger partial charge in [-0.25, -0.2) is 0 Å². The van der Waals surface area contributed by atoms with Crippen LogP contribution in [0.4, 0.5) is 0 Å². The number of rotatable bonds is 4. The van der Waals surface area contributed by atoms with Crippen LogP contribution in [0.2, 0.25) is 0 Å². The van der Waals surface area contributed by atoms with Crippen LogP contribution in [0.1, 0.15) is 20.8 Å².